The van der Waals surface area contributed by atoms with E-state index in [1.807, 2.05) is 158 Å². The molecule has 0 aliphatic carbocycles. The average Bonchev–Trinajstić information content (AvgIpc) is 2.28. The number of halogens is 2. The van der Waals surface area contributed by atoms with Gasteiger partial charge < -0.3 is 43.4 Å². The molecule has 428 valence electrons. The summed E-state index contributed by atoms with van der Waals surface area (Å²) in [4.78, 5) is 0. The largest absolute Gasteiger partial charge is 0.456 e. The van der Waals surface area contributed by atoms with Crippen LogP contribution in [0.15, 0.2) is 304 Å². The van der Waals surface area contributed by atoms with E-state index in [4.69, 9.17) is 33.5 Å². The minimum atomic E-state index is 0.720. The van der Waals surface area contributed by atoms with Gasteiger partial charge in [-0.1, -0.05) is 149 Å². The highest BCUT2D eigenvalue weighted by atomic mass is 127. The van der Waals surface area contributed by atoms with Crippen molar-refractivity contribution in [2.45, 2.75) is 0 Å². The monoisotopic (exact) mass is 1330 g/mol. The normalized spacial score (nSPS) is 11.7. The highest BCUT2D eigenvalue weighted by molar-refractivity contribution is 14.1. The minimum Gasteiger partial charge on any atom is -0.456 e. The maximum Gasteiger partial charge on any atom is 0.170 e. The quantitative estimate of drug-likeness (QED) is 0.130. The molecule has 0 amide bonds. The molecule has 0 bridgehead atoms. The van der Waals surface area contributed by atoms with Crippen LogP contribution in [-0.2, 0) is 0 Å². The lowest BCUT2D eigenvalue weighted by molar-refractivity contribution is 0.360. The van der Waals surface area contributed by atoms with E-state index in [1.165, 1.54) is 31.1 Å². The van der Waals surface area contributed by atoms with Crippen LogP contribution in [0.5, 0.6) is 46.0 Å². The molecule has 0 spiro atoms. The number of aromatic nitrogens is 1. The Morgan fingerprint density at radius 1 is 0.315 bits per heavy atom. The van der Waals surface area contributed by atoms with E-state index < -0.39 is 0 Å². The van der Waals surface area contributed by atoms with Crippen LogP contribution >= 0.6 is 38.5 Å². The van der Waals surface area contributed by atoms with Crippen molar-refractivity contribution in [1.29, 1.82) is 0 Å². The van der Waals surface area contributed by atoms with Crippen molar-refractivity contribution in [1.82, 2.24) is 4.57 Å². The first-order valence-electron chi connectivity index (χ1n) is 28.9. The molecule has 0 saturated heterocycles. The third-order valence-electron chi connectivity index (χ3n) is 15.6. The average molecular weight is 1330 g/mol. The number of nitrogen functional groups attached to an aromatic ring is 1. The summed E-state index contributed by atoms with van der Waals surface area (Å²) in [6.07, 6.45) is 0. The van der Waals surface area contributed by atoms with Crippen molar-refractivity contribution in [2.24, 2.45) is 0 Å². The molecule has 18 rings (SSSR count). The molecule has 2 aliphatic heterocycles. The van der Waals surface area contributed by atoms with Crippen LogP contribution < -0.4 is 30.0 Å². The lowest BCUT2D eigenvalue weighted by atomic mass is 10.0. The molecular weight excluding hydrogens is 1280 g/mol. The Hall–Kier alpha value is -10.7. The fraction of sp³-hybridized carbons (Fsp3) is 0. The SMILES string of the molecule is Brc1ccc(-c2ccc3c(c2)Oc2ccccc2O3)cc1.Ic1ccc2c(c1)c1ccccc1n2-c1ccccc1.Nc1ccc2c(c1)oc1ccccc12.c1ccc2c(c1)Oc1ccc(-c3ccc(Nc4ccc5c(c4)oc4ccccc45)cc3)cc1O2. The Balaban J connectivity index is 0.000000105. The molecule has 0 saturated carbocycles. The summed E-state index contributed by atoms with van der Waals surface area (Å²) in [7, 11) is 0. The third-order valence-corrected chi connectivity index (χ3v) is 16.8. The minimum absolute atomic E-state index is 0.720. The van der Waals surface area contributed by atoms with Crippen molar-refractivity contribution >= 4 is 121 Å². The number of fused-ring (bicyclic) bond motifs is 13. The molecule has 0 fully saturated rings. The third kappa shape index (κ3) is 11.2. The number of nitrogens with zero attached hydrogens (tertiary/aromatic N) is 1. The second-order valence-electron chi connectivity index (χ2n) is 21.3. The van der Waals surface area contributed by atoms with Gasteiger partial charge in [0, 0.05) is 75.2 Å². The summed E-state index contributed by atoms with van der Waals surface area (Å²) in [6.45, 7) is 0. The summed E-state index contributed by atoms with van der Waals surface area (Å²) in [5, 5.41) is 10.6. The van der Waals surface area contributed by atoms with Gasteiger partial charge in [-0.05, 0) is 190 Å². The Morgan fingerprint density at radius 3 is 1.35 bits per heavy atom. The summed E-state index contributed by atoms with van der Waals surface area (Å²) in [5.41, 5.74) is 20.1. The lowest BCUT2D eigenvalue weighted by Gasteiger charge is -2.21. The number of hydrogen-bond acceptors (Lipinski definition) is 8. The number of anilines is 3. The van der Waals surface area contributed by atoms with E-state index in [1.54, 1.807) is 0 Å². The highest BCUT2D eigenvalue weighted by Gasteiger charge is 2.21. The Morgan fingerprint density at radius 2 is 0.753 bits per heavy atom. The van der Waals surface area contributed by atoms with Crippen molar-refractivity contribution in [3.05, 3.63) is 299 Å². The van der Waals surface area contributed by atoms with Crippen molar-refractivity contribution < 1.29 is 27.8 Å². The Kier molecular flexibility index (Phi) is 14.7. The standard InChI is InChI=1S/C30H19NO3.C18H11BrO2.C18H12IN.C12H9NO/c1-2-6-25-23(5-1)24-15-14-22(18-29(24)32-25)31-21-12-9-19(10-13-21)20-11-16-28-30(17-20)34-27-8-4-3-7-26(27)33-28;19-14-8-5-12(6-9-14)13-7-10-17-18(11-13)21-16-4-2-1-3-15(16)20-17;19-13-10-11-18-16(12-13)15-8-4-5-9-17(15)20(18)14-6-2-1-3-7-14;13-8-5-6-10-9-3-1-2-4-11(9)14-12(10)7-8/h1-18,31H;1-11H;1-12H;1-7H,13H2. The van der Waals surface area contributed by atoms with E-state index in [0.717, 1.165) is 134 Å². The molecule has 0 unspecified atom stereocenters. The lowest BCUT2D eigenvalue weighted by Crippen LogP contribution is -1.98. The Labute approximate surface area is 534 Å². The molecule has 9 nitrogen and oxygen atoms in total. The number of ether oxygens (including phenoxy) is 4. The van der Waals surface area contributed by atoms with Crippen LogP contribution in [-0.4, -0.2) is 4.57 Å². The summed E-state index contributed by atoms with van der Waals surface area (Å²) < 4.78 is 40.1. The zero-order chi connectivity index (χ0) is 59.8. The van der Waals surface area contributed by atoms with E-state index in [9.17, 15) is 0 Å². The van der Waals surface area contributed by atoms with Gasteiger partial charge in [-0.25, -0.2) is 0 Å². The summed E-state index contributed by atoms with van der Waals surface area (Å²) >= 11 is 5.83. The zero-order valence-electron chi connectivity index (χ0n) is 47.4. The van der Waals surface area contributed by atoms with Gasteiger partial charge in [-0.3, -0.25) is 0 Å². The maximum absolute atomic E-state index is 6.05. The summed E-state index contributed by atoms with van der Waals surface area (Å²) in [6, 6.07) is 97.8. The number of nitrogens with one attached hydrogen (secondary N) is 1. The van der Waals surface area contributed by atoms with Crippen LogP contribution in [0, 0.1) is 3.57 Å². The fourth-order valence-corrected chi connectivity index (χ4v) is 12.1. The topological polar surface area (TPSA) is 106 Å². The molecular formula is C78H51BrIN3O6. The zero-order valence-corrected chi connectivity index (χ0v) is 51.2. The van der Waals surface area contributed by atoms with Crippen molar-refractivity contribution in [2.75, 3.05) is 11.1 Å². The number of furan rings is 2. The fourth-order valence-electron chi connectivity index (χ4n) is 11.3. The van der Waals surface area contributed by atoms with Crippen LogP contribution in [0.2, 0.25) is 0 Å². The van der Waals surface area contributed by atoms with Gasteiger partial charge in [0.2, 0.25) is 0 Å². The van der Waals surface area contributed by atoms with Gasteiger partial charge in [0.1, 0.15) is 22.3 Å². The first kappa shape index (κ1) is 54.9. The predicted octanol–water partition coefficient (Wildman–Crippen LogP) is 23.5. The first-order valence-corrected chi connectivity index (χ1v) is 30.8. The molecule has 16 aromatic rings. The molecule has 2 aliphatic rings. The van der Waals surface area contributed by atoms with Gasteiger partial charge >= 0.3 is 0 Å². The van der Waals surface area contributed by atoms with Crippen LogP contribution in [0.3, 0.4) is 0 Å². The van der Waals surface area contributed by atoms with E-state index in [0.29, 0.717) is 0 Å². The molecule has 11 heteroatoms. The second-order valence-corrected chi connectivity index (χ2v) is 23.5. The smallest absolute Gasteiger partial charge is 0.170 e. The Bertz CT molecular complexity index is 5290. The van der Waals surface area contributed by atoms with E-state index in [-0.39, 0.29) is 0 Å². The molecule has 3 N–H and O–H groups in total. The molecule has 3 aromatic heterocycles. The number of hydrogen-bond donors (Lipinski definition) is 2. The number of para-hydroxylation sites is 8. The molecule has 0 radical (unpaired) electrons. The molecule has 13 aromatic carbocycles. The van der Waals surface area contributed by atoms with Gasteiger partial charge in [0.05, 0.1) is 11.0 Å². The number of nitrogens with two attached hydrogens (primary N) is 1. The van der Waals surface area contributed by atoms with E-state index >= 15 is 0 Å². The van der Waals surface area contributed by atoms with Crippen molar-refractivity contribution in [3.63, 3.8) is 0 Å². The van der Waals surface area contributed by atoms with Gasteiger partial charge in [0.25, 0.3) is 0 Å². The van der Waals surface area contributed by atoms with Gasteiger partial charge in [-0.15, -0.1) is 0 Å². The van der Waals surface area contributed by atoms with Crippen LogP contribution in [0.4, 0.5) is 17.1 Å². The van der Waals surface area contributed by atoms with Crippen LogP contribution in [0.1, 0.15) is 0 Å². The highest BCUT2D eigenvalue weighted by Crippen LogP contribution is 2.48. The predicted molar refractivity (Wildman–Crippen MR) is 373 cm³/mol. The number of benzene rings is 13. The molecule has 89 heavy (non-hydrogen) atoms. The molecule has 5 heterocycles. The first-order chi connectivity index (χ1) is 43.8. The van der Waals surface area contributed by atoms with Crippen molar-refractivity contribution in [3.8, 4) is 73.9 Å². The second kappa shape index (κ2) is 23.9. The maximum atomic E-state index is 6.05. The van der Waals surface area contributed by atoms with Gasteiger partial charge in [-0.2, -0.15) is 0 Å². The summed E-state index contributed by atoms with van der Waals surface area (Å²) in [5.74, 6) is 5.90. The van der Waals surface area contributed by atoms with Crippen LogP contribution in [0.25, 0.3) is 93.6 Å². The molecule has 0 atom stereocenters. The van der Waals surface area contributed by atoms with Gasteiger partial charge in [0.15, 0.2) is 46.0 Å². The van der Waals surface area contributed by atoms with E-state index in [2.05, 4.69) is 182 Å². The number of rotatable bonds is 5.